The predicted molar refractivity (Wildman–Crippen MR) is 287 cm³/mol. The second kappa shape index (κ2) is 16.4. The maximum absolute atomic E-state index is 6.56. The van der Waals surface area contributed by atoms with Crippen molar-refractivity contribution in [1.82, 2.24) is 0 Å². The number of nitrogens with zero attached hydrogens (tertiary/aromatic N) is 1. The summed E-state index contributed by atoms with van der Waals surface area (Å²) >= 11 is 0. The van der Waals surface area contributed by atoms with Gasteiger partial charge in [0.2, 0.25) is 0 Å². The number of anilines is 3. The van der Waals surface area contributed by atoms with E-state index < -0.39 is 5.41 Å². The van der Waals surface area contributed by atoms with Gasteiger partial charge in [-0.05, 0) is 141 Å². The fraction of sp³-hybridized carbons (Fsp3) is 0.194. The van der Waals surface area contributed by atoms with Crippen molar-refractivity contribution < 1.29 is 4.42 Å². The average Bonchev–Trinajstić information content (AvgIpc) is 4.06. The van der Waals surface area contributed by atoms with Crippen LogP contribution in [0.4, 0.5) is 17.1 Å². The third kappa shape index (κ3) is 6.38. The first-order chi connectivity index (χ1) is 34.2. The Hall–Kier alpha value is -7.42. The number of hydrogen-bond donors (Lipinski definition) is 0. The minimum atomic E-state index is -0.457. The Morgan fingerprint density at radius 1 is 0.362 bits per heavy atom. The van der Waals surface area contributed by atoms with Gasteiger partial charge in [0.05, 0.1) is 11.1 Å². The lowest BCUT2D eigenvalue weighted by molar-refractivity contribution is 0.443. The van der Waals surface area contributed by atoms with E-state index in [2.05, 4.69) is 199 Å². The van der Waals surface area contributed by atoms with Crippen molar-refractivity contribution in [3.05, 3.63) is 234 Å². The SMILES string of the molecule is c1ccc(-c2ccccc2N(c2ccc(-c3cccc4c3oc3ccccc34)cc2)c2ccc3c(c2)C2(c4ccccc4-3)c3cc(C4CCCCC4)ccc3-c3ccc(C4CCCCC4)cc32)cc1. The molecule has 4 aliphatic rings. The van der Waals surface area contributed by atoms with E-state index in [1.165, 1.54) is 131 Å². The minimum Gasteiger partial charge on any atom is -0.455 e. The van der Waals surface area contributed by atoms with E-state index in [0.29, 0.717) is 11.8 Å². The van der Waals surface area contributed by atoms with Gasteiger partial charge in [-0.2, -0.15) is 0 Å². The minimum absolute atomic E-state index is 0.457. The number of fused-ring (bicyclic) bond motifs is 13. The van der Waals surface area contributed by atoms with Gasteiger partial charge in [0.15, 0.2) is 0 Å². The van der Waals surface area contributed by atoms with Crippen LogP contribution in [-0.2, 0) is 5.41 Å². The first kappa shape index (κ1) is 40.6. The molecular formula is C67H55NO. The molecule has 2 nitrogen and oxygen atoms in total. The van der Waals surface area contributed by atoms with E-state index in [-0.39, 0.29) is 0 Å². The van der Waals surface area contributed by atoms with Crippen molar-refractivity contribution >= 4 is 39.0 Å². The van der Waals surface area contributed by atoms with E-state index in [1.54, 1.807) is 0 Å². The van der Waals surface area contributed by atoms with Crippen LogP contribution in [-0.4, -0.2) is 0 Å². The van der Waals surface area contributed by atoms with Crippen molar-refractivity contribution in [2.45, 2.75) is 81.5 Å². The summed E-state index contributed by atoms with van der Waals surface area (Å²) in [7, 11) is 0. The Bertz CT molecular complexity index is 3520. The van der Waals surface area contributed by atoms with Crippen LogP contribution in [0.2, 0.25) is 0 Å². The van der Waals surface area contributed by atoms with Crippen LogP contribution < -0.4 is 4.90 Å². The van der Waals surface area contributed by atoms with E-state index in [1.807, 2.05) is 6.07 Å². The van der Waals surface area contributed by atoms with Crippen LogP contribution in [0.1, 0.15) is 109 Å². The van der Waals surface area contributed by atoms with Crippen LogP contribution in [0.5, 0.6) is 0 Å². The van der Waals surface area contributed by atoms with Crippen molar-refractivity contribution in [1.29, 1.82) is 0 Å². The van der Waals surface area contributed by atoms with Gasteiger partial charge >= 0.3 is 0 Å². The molecule has 0 atom stereocenters. The molecule has 1 heterocycles. The first-order valence-electron chi connectivity index (χ1n) is 25.7. The zero-order valence-corrected chi connectivity index (χ0v) is 39.1. The van der Waals surface area contributed by atoms with E-state index in [9.17, 15) is 0 Å². The maximum atomic E-state index is 6.56. The van der Waals surface area contributed by atoms with Crippen LogP contribution in [0.3, 0.4) is 0 Å². The van der Waals surface area contributed by atoms with Crippen LogP contribution in [0, 0.1) is 0 Å². The highest BCUT2D eigenvalue weighted by Crippen LogP contribution is 2.64. The van der Waals surface area contributed by atoms with Crippen molar-refractivity contribution in [2.24, 2.45) is 0 Å². The summed E-state index contributed by atoms with van der Waals surface area (Å²) in [5.41, 5.74) is 23.7. The quantitative estimate of drug-likeness (QED) is 0.159. The molecule has 14 rings (SSSR count). The van der Waals surface area contributed by atoms with Gasteiger partial charge in [-0.1, -0.05) is 202 Å². The molecule has 69 heavy (non-hydrogen) atoms. The summed E-state index contributed by atoms with van der Waals surface area (Å²) in [5.74, 6) is 1.22. The molecule has 0 amide bonds. The monoisotopic (exact) mass is 889 g/mol. The summed E-state index contributed by atoms with van der Waals surface area (Å²) in [6.45, 7) is 0. The lowest BCUT2D eigenvalue weighted by atomic mass is 9.69. The van der Waals surface area contributed by atoms with Crippen molar-refractivity contribution in [3.63, 3.8) is 0 Å². The molecular weight excluding hydrogens is 835 g/mol. The summed E-state index contributed by atoms with van der Waals surface area (Å²) in [6.07, 6.45) is 13.1. The molecule has 0 unspecified atom stereocenters. The van der Waals surface area contributed by atoms with Crippen LogP contribution in [0.15, 0.2) is 205 Å². The van der Waals surface area contributed by atoms with Gasteiger partial charge < -0.3 is 9.32 Å². The van der Waals surface area contributed by atoms with Gasteiger partial charge in [0.1, 0.15) is 11.2 Å². The highest BCUT2D eigenvalue weighted by atomic mass is 16.3. The summed E-state index contributed by atoms with van der Waals surface area (Å²) in [6, 6.07) is 76.0. The number of benzene rings is 9. The van der Waals surface area contributed by atoms with Gasteiger partial charge in [-0.3, -0.25) is 0 Å². The Labute approximate surface area is 405 Å². The first-order valence-corrected chi connectivity index (χ1v) is 25.7. The smallest absolute Gasteiger partial charge is 0.143 e. The molecule has 0 saturated heterocycles. The summed E-state index contributed by atoms with van der Waals surface area (Å²) in [5, 5.41) is 2.29. The molecule has 1 spiro atoms. The second-order valence-corrected chi connectivity index (χ2v) is 20.4. The standard InChI is InChI=1S/C67H55NO/c1-4-17-44(18-5-1)48-33-38-55-56-39-34-49(45-19-6-2-7-20-45)42-62(56)67(61(55)41-48)60-28-13-10-24-54(60)57-40-37-51(43-63(57)67)68(64-29-14-11-23-52(64)46-21-8-3-9-22-46)50-35-31-47(32-36-50)53-26-16-27-59-58-25-12-15-30-65(58)69-66(53)59/h3,8-16,21-45H,1-2,4-7,17-20H2. The number of rotatable bonds is 7. The molecule has 2 saturated carbocycles. The third-order valence-corrected chi connectivity index (χ3v) is 16.7. The largest absolute Gasteiger partial charge is 0.455 e. The van der Waals surface area contributed by atoms with Crippen molar-refractivity contribution in [2.75, 3.05) is 4.90 Å². The molecule has 2 heteroatoms. The Kier molecular flexibility index (Phi) is 9.65. The second-order valence-electron chi connectivity index (χ2n) is 20.4. The zero-order valence-electron chi connectivity index (χ0n) is 39.1. The molecule has 0 N–H and O–H groups in total. The summed E-state index contributed by atoms with van der Waals surface area (Å²) in [4.78, 5) is 2.51. The fourth-order valence-electron chi connectivity index (χ4n) is 13.4. The van der Waals surface area contributed by atoms with Gasteiger partial charge in [0, 0.05) is 33.3 Å². The molecule has 1 aromatic heterocycles. The lowest BCUT2D eigenvalue weighted by Crippen LogP contribution is -2.27. The zero-order chi connectivity index (χ0) is 45.5. The molecule has 0 radical (unpaired) electrons. The molecule has 334 valence electrons. The maximum Gasteiger partial charge on any atom is 0.143 e. The average molecular weight is 890 g/mol. The van der Waals surface area contributed by atoms with Gasteiger partial charge in [-0.15, -0.1) is 0 Å². The summed E-state index contributed by atoms with van der Waals surface area (Å²) < 4.78 is 6.56. The van der Waals surface area contributed by atoms with Crippen LogP contribution in [0.25, 0.3) is 66.4 Å². The highest BCUT2D eigenvalue weighted by Gasteiger charge is 2.52. The van der Waals surface area contributed by atoms with Gasteiger partial charge in [0.25, 0.3) is 0 Å². The van der Waals surface area contributed by atoms with E-state index in [0.717, 1.165) is 50.1 Å². The van der Waals surface area contributed by atoms with Crippen molar-refractivity contribution in [3.8, 4) is 44.5 Å². The molecule has 9 aromatic carbocycles. The highest BCUT2D eigenvalue weighted by molar-refractivity contribution is 6.09. The topological polar surface area (TPSA) is 16.4 Å². The van der Waals surface area contributed by atoms with E-state index in [4.69, 9.17) is 4.42 Å². The number of para-hydroxylation sites is 3. The molecule has 2 fully saturated rings. The van der Waals surface area contributed by atoms with Crippen LogP contribution >= 0.6 is 0 Å². The molecule has 4 aliphatic carbocycles. The molecule has 0 aliphatic heterocycles. The fourth-order valence-corrected chi connectivity index (χ4v) is 13.4. The normalized spacial score (nSPS) is 16.1. The Morgan fingerprint density at radius 3 is 1.59 bits per heavy atom. The van der Waals surface area contributed by atoms with Gasteiger partial charge in [-0.25, -0.2) is 0 Å². The lowest BCUT2D eigenvalue weighted by Gasteiger charge is -2.34. The number of hydrogen-bond acceptors (Lipinski definition) is 2. The molecule has 0 bridgehead atoms. The number of furan rings is 1. The Morgan fingerprint density at radius 2 is 0.884 bits per heavy atom. The Balaban J connectivity index is 0.993. The predicted octanol–water partition coefficient (Wildman–Crippen LogP) is 18.8. The third-order valence-electron chi connectivity index (χ3n) is 16.7. The molecule has 10 aromatic rings. The van der Waals surface area contributed by atoms with E-state index >= 15 is 0 Å².